The topological polar surface area (TPSA) is 29.9 Å². The van der Waals surface area contributed by atoms with Crippen LogP contribution in [-0.4, -0.2) is 15.6 Å². The van der Waals surface area contributed by atoms with Crippen LogP contribution in [0.4, 0.5) is 5.95 Å². The second-order valence-electron chi connectivity index (χ2n) is 7.88. The molecular formula is C22H31N3. The Morgan fingerprint density at radius 2 is 1.56 bits per heavy atom. The average Bonchev–Trinajstić information content (AvgIpc) is 3.06. The van der Waals surface area contributed by atoms with Crippen molar-refractivity contribution in [2.45, 2.75) is 82.7 Å². The van der Waals surface area contributed by atoms with Crippen LogP contribution in [0.1, 0.15) is 81.5 Å². The molecule has 134 valence electrons. The lowest BCUT2D eigenvalue weighted by Gasteiger charge is -2.29. The van der Waals surface area contributed by atoms with Crippen molar-refractivity contribution in [2.75, 3.05) is 5.32 Å². The predicted octanol–water partition coefficient (Wildman–Crippen LogP) is 5.72. The quantitative estimate of drug-likeness (QED) is 0.756. The number of nitrogens with zero attached hydrogens (tertiary/aromatic N) is 2. The van der Waals surface area contributed by atoms with Crippen molar-refractivity contribution in [3.05, 3.63) is 47.8 Å². The number of benzene rings is 1. The highest BCUT2D eigenvalue weighted by molar-refractivity contribution is 5.34. The summed E-state index contributed by atoms with van der Waals surface area (Å²) in [6.07, 6.45) is 16.5. The summed E-state index contributed by atoms with van der Waals surface area (Å²) in [5.74, 6) is 1.13. The Bertz CT molecular complexity index is 649. The molecule has 0 bridgehead atoms. The Morgan fingerprint density at radius 1 is 0.880 bits per heavy atom. The van der Waals surface area contributed by atoms with Gasteiger partial charge in [0.1, 0.15) is 0 Å². The molecule has 3 heteroatoms. The van der Waals surface area contributed by atoms with Gasteiger partial charge in [0.15, 0.2) is 0 Å². The fourth-order valence-corrected chi connectivity index (χ4v) is 4.61. The van der Waals surface area contributed by atoms with Gasteiger partial charge in [-0.05, 0) is 31.2 Å². The number of imidazole rings is 1. The Labute approximate surface area is 151 Å². The lowest BCUT2D eigenvalue weighted by atomic mass is 9.94. The minimum Gasteiger partial charge on any atom is -0.353 e. The number of aromatic nitrogens is 2. The molecule has 4 rings (SSSR count). The third-order valence-corrected chi connectivity index (χ3v) is 5.98. The highest BCUT2D eigenvalue weighted by Crippen LogP contribution is 2.33. The van der Waals surface area contributed by atoms with Gasteiger partial charge in [0.25, 0.3) is 0 Å². The van der Waals surface area contributed by atoms with E-state index in [2.05, 4.69) is 46.4 Å². The Morgan fingerprint density at radius 3 is 2.28 bits per heavy atom. The summed E-state index contributed by atoms with van der Waals surface area (Å²) in [5, 5.41) is 3.80. The molecule has 2 aliphatic rings. The first kappa shape index (κ1) is 16.7. The van der Waals surface area contributed by atoms with Gasteiger partial charge in [-0.2, -0.15) is 0 Å². The van der Waals surface area contributed by atoms with Crippen molar-refractivity contribution in [1.82, 2.24) is 9.55 Å². The van der Waals surface area contributed by atoms with Crippen LogP contribution in [0.3, 0.4) is 0 Å². The Kier molecular flexibility index (Phi) is 5.39. The lowest BCUT2D eigenvalue weighted by molar-refractivity contribution is 0.348. The van der Waals surface area contributed by atoms with E-state index in [1.807, 2.05) is 0 Å². The van der Waals surface area contributed by atoms with Crippen molar-refractivity contribution in [3.8, 4) is 0 Å². The SMILES string of the molecule is c1ccc(Cc2cnc(NC3CCCCC3)n2C2CCCCC2)cc1. The average molecular weight is 338 g/mol. The zero-order chi connectivity index (χ0) is 16.9. The summed E-state index contributed by atoms with van der Waals surface area (Å²) in [4.78, 5) is 4.83. The number of hydrogen-bond acceptors (Lipinski definition) is 2. The minimum atomic E-state index is 0.614. The number of hydrogen-bond donors (Lipinski definition) is 1. The van der Waals surface area contributed by atoms with Crippen molar-refractivity contribution in [2.24, 2.45) is 0 Å². The molecule has 2 aliphatic carbocycles. The molecule has 2 fully saturated rings. The summed E-state index contributed by atoms with van der Waals surface area (Å²) in [5.41, 5.74) is 2.75. The van der Waals surface area contributed by atoms with Crippen LogP contribution in [-0.2, 0) is 6.42 Å². The first-order chi connectivity index (χ1) is 12.4. The molecule has 25 heavy (non-hydrogen) atoms. The Balaban J connectivity index is 1.58. The van der Waals surface area contributed by atoms with E-state index in [0.717, 1.165) is 12.4 Å². The zero-order valence-corrected chi connectivity index (χ0v) is 15.3. The molecule has 0 atom stereocenters. The molecule has 0 spiro atoms. The van der Waals surface area contributed by atoms with E-state index in [-0.39, 0.29) is 0 Å². The summed E-state index contributed by atoms with van der Waals surface area (Å²) in [6.45, 7) is 0. The highest BCUT2D eigenvalue weighted by Gasteiger charge is 2.23. The van der Waals surface area contributed by atoms with Gasteiger partial charge in [-0.25, -0.2) is 4.98 Å². The zero-order valence-electron chi connectivity index (χ0n) is 15.3. The highest BCUT2D eigenvalue weighted by atomic mass is 15.2. The first-order valence-electron chi connectivity index (χ1n) is 10.3. The van der Waals surface area contributed by atoms with Crippen LogP contribution in [0.25, 0.3) is 0 Å². The predicted molar refractivity (Wildman–Crippen MR) is 104 cm³/mol. The van der Waals surface area contributed by atoms with E-state index in [1.54, 1.807) is 0 Å². The molecule has 2 saturated carbocycles. The summed E-state index contributed by atoms with van der Waals surface area (Å²) in [6, 6.07) is 12.1. The van der Waals surface area contributed by atoms with Gasteiger partial charge in [0.05, 0.1) is 6.20 Å². The van der Waals surface area contributed by atoms with Crippen LogP contribution in [0, 0.1) is 0 Å². The molecule has 1 aromatic heterocycles. The van der Waals surface area contributed by atoms with Gasteiger partial charge < -0.3 is 9.88 Å². The largest absolute Gasteiger partial charge is 0.353 e. The van der Waals surface area contributed by atoms with E-state index < -0.39 is 0 Å². The van der Waals surface area contributed by atoms with E-state index in [0.29, 0.717) is 12.1 Å². The minimum absolute atomic E-state index is 0.614. The molecule has 0 aliphatic heterocycles. The fourth-order valence-electron chi connectivity index (χ4n) is 4.61. The monoisotopic (exact) mass is 337 g/mol. The maximum atomic E-state index is 4.83. The molecule has 0 radical (unpaired) electrons. The van der Waals surface area contributed by atoms with Crippen molar-refractivity contribution < 1.29 is 0 Å². The molecule has 0 unspecified atom stereocenters. The Hall–Kier alpha value is -1.77. The van der Waals surface area contributed by atoms with Gasteiger partial charge >= 0.3 is 0 Å². The van der Waals surface area contributed by atoms with Crippen LogP contribution >= 0.6 is 0 Å². The summed E-state index contributed by atoms with van der Waals surface area (Å²) >= 11 is 0. The standard InChI is InChI=1S/C22H31N3/c1-4-10-18(11-5-1)16-21-17-23-22(24-19-12-6-2-7-13-19)25(21)20-14-8-3-9-15-20/h1,4-5,10-11,17,19-20H,2-3,6-9,12-16H2,(H,23,24). The fraction of sp³-hybridized carbons (Fsp3) is 0.591. The second kappa shape index (κ2) is 8.07. The molecule has 0 amide bonds. The van der Waals surface area contributed by atoms with E-state index in [1.165, 1.54) is 75.5 Å². The maximum absolute atomic E-state index is 4.83. The van der Waals surface area contributed by atoms with Crippen LogP contribution in [0.15, 0.2) is 36.5 Å². The molecule has 0 saturated heterocycles. The summed E-state index contributed by atoms with van der Waals surface area (Å²) < 4.78 is 2.56. The normalized spacial score (nSPS) is 19.8. The van der Waals surface area contributed by atoms with Crippen molar-refractivity contribution >= 4 is 5.95 Å². The van der Waals surface area contributed by atoms with Gasteiger partial charge in [-0.1, -0.05) is 68.9 Å². The van der Waals surface area contributed by atoms with Gasteiger partial charge in [-0.3, -0.25) is 0 Å². The van der Waals surface area contributed by atoms with E-state index in [4.69, 9.17) is 4.98 Å². The first-order valence-corrected chi connectivity index (χ1v) is 10.3. The van der Waals surface area contributed by atoms with Crippen LogP contribution < -0.4 is 5.32 Å². The summed E-state index contributed by atoms with van der Waals surface area (Å²) in [7, 11) is 0. The number of anilines is 1. The molecular weight excluding hydrogens is 306 g/mol. The van der Waals surface area contributed by atoms with Gasteiger partial charge in [0, 0.05) is 24.2 Å². The van der Waals surface area contributed by atoms with Crippen LogP contribution in [0.2, 0.25) is 0 Å². The smallest absolute Gasteiger partial charge is 0.203 e. The number of rotatable bonds is 5. The van der Waals surface area contributed by atoms with Crippen molar-refractivity contribution in [1.29, 1.82) is 0 Å². The van der Waals surface area contributed by atoms with Gasteiger partial charge in [0.2, 0.25) is 5.95 Å². The van der Waals surface area contributed by atoms with Crippen molar-refractivity contribution in [3.63, 3.8) is 0 Å². The third-order valence-electron chi connectivity index (χ3n) is 5.98. The lowest BCUT2D eigenvalue weighted by Crippen LogP contribution is -2.26. The van der Waals surface area contributed by atoms with E-state index in [9.17, 15) is 0 Å². The molecule has 1 heterocycles. The number of nitrogens with one attached hydrogen (secondary N) is 1. The van der Waals surface area contributed by atoms with Gasteiger partial charge in [-0.15, -0.1) is 0 Å². The second-order valence-corrected chi connectivity index (χ2v) is 7.88. The molecule has 1 N–H and O–H groups in total. The van der Waals surface area contributed by atoms with Crippen LogP contribution in [0.5, 0.6) is 0 Å². The molecule has 3 nitrogen and oxygen atoms in total. The third kappa shape index (κ3) is 4.08. The maximum Gasteiger partial charge on any atom is 0.203 e. The van der Waals surface area contributed by atoms with E-state index >= 15 is 0 Å². The molecule has 1 aromatic carbocycles. The molecule has 2 aromatic rings.